The SMILES string of the molecule is Cc1ccc(C=O)cc1.O=Cc1cccc(OCc2ccccc2)c1. The number of carbonyl (C=O) groups excluding carboxylic acids is 2. The van der Waals surface area contributed by atoms with E-state index >= 15 is 0 Å². The average molecular weight is 332 g/mol. The highest BCUT2D eigenvalue weighted by Gasteiger charge is 1.96. The lowest BCUT2D eigenvalue weighted by atomic mass is 10.2. The number of hydrogen-bond acceptors (Lipinski definition) is 3. The molecule has 0 aliphatic carbocycles. The first-order chi connectivity index (χ1) is 12.2. The van der Waals surface area contributed by atoms with Crippen LogP contribution in [-0.4, -0.2) is 12.6 Å². The fourth-order valence-corrected chi connectivity index (χ4v) is 2.06. The Balaban J connectivity index is 0.000000212. The van der Waals surface area contributed by atoms with E-state index in [1.54, 1.807) is 12.1 Å². The van der Waals surface area contributed by atoms with Gasteiger partial charge in [0, 0.05) is 11.1 Å². The standard InChI is InChI=1S/C14H12O2.C8H8O/c15-10-13-7-4-8-14(9-13)16-11-12-5-2-1-3-6-12;1-7-2-4-8(6-9)5-3-7/h1-10H,11H2;2-6H,1H3. The summed E-state index contributed by atoms with van der Waals surface area (Å²) in [5.41, 5.74) is 3.66. The average Bonchev–Trinajstić information content (AvgIpc) is 2.68. The summed E-state index contributed by atoms with van der Waals surface area (Å²) in [4.78, 5) is 20.7. The number of hydrogen-bond donors (Lipinski definition) is 0. The molecule has 0 aromatic heterocycles. The number of rotatable bonds is 5. The molecule has 3 aromatic carbocycles. The van der Waals surface area contributed by atoms with Crippen LogP contribution in [0.4, 0.5) is 0 Å². The van der Waals surface area contributed by atoms with Crippen molar-refractivity contribution in [3.8, 4) is 5.75 Å². The summed E-state index contributed by atoms with van der Waals surface area (Å²) < 4.78 is 5.58. The van der Waals surface area contributed by atoms with Gasteiger partial charge in [-0.1, -0.05) is 72.3 Å². The normalized spacial score (nSPS) is 9.48. The van der Waals surface area contributed by atoms with Crippen LogP contribution in [0.25, 0.3) is 0 Å². The van der Waals surface area contributed by atoms with Crippen LogP contribution in [0.2, 0.25) is 0 Å². The van der Waals surface area contributed by atoms with E-state index in [4.69, 9.17) is 4.74 Å². The first-order valence-corrected chi connectivity index (χ1v) is 7.95. The van der Waals surface area contributed by atoms with Gasteiger partial charge < -0.3 is 4.74 Å². The zero-order chi connectivity index (χ0) is 17.9. The maximum Gasteiger partial charge on any atom is 0.150 e. The third-order valence-corrected chi connectivity index (χ3v) is 3.46. The molecule has 0 spiro atoms. The van der Waals surface area contributed by atoms with Crippen molar-refractivity contribution >= 4 is 12.6 Å². The highest BCUT2D eigenvalue weighted by Crippen LogP contribution is 2.14. The van der Waals surface area contributed by atoms with Crippen molar-refractivity contribution < 1.29 is 14.3 Å². The molecule has 0 N–H and O–H groups in total. The molecule has 0 saturated heterocycles. The fourth-order valence-electron chi connectivity index (χ4n) is 2.06. The molecule has 0 amide bonds. The van der Waals surface area contributed by atoms with Gasteiger partial charge in [0.15, 0.2) is 0 Å². The molecule has 0 saturated carbocycles. The summed E-state index contributed by atoms with van der Waals surface area (Å²) in [5, 5.41) is 0. The number of aryl methyl sites for hydroxylation is 1. The van der Waals surface area contributed by atoms with Crippen LogP contribution in [-0.2, 0) is 6.61 Å². The van der Waals surface area contributed by atoms with E-state index in [-0.39, 0.29) is 0 Å². The summed E-state index contributed by atoms with van der Waals surface area (Å²) in [6, 6.07) is 24.5. The molecule has 0 aliphatic rings. The lowest BCUT2D eigenvalue weighted by Crippen LogP contribution is -1.95. The minimum atomic E-state index is 0.517. The Morgan fingerprint density at radius 2 is 1.44 bits per heavy atom. The second-order valence-corrected chi connectivity index (χ2v) is 5.49. The molecule has 3 nitrogen and oxygen atoms in total. The Kier molecular flexibility index (Phi) is 7.13. The second-order valence-electron chi connectivity index (χ2n) is 5.49. The number of ether oxygens (including phenoxy) is 1. The largest absolute Gasteiger partial charge is 0.489 e. The van der Waals surface area contributed by atoms with Crippen molar-refractivity contribution in [3.05, 3.63) is 101 Å². The molecule has 126 valence electrons. The summed E-state index contributed by atoms with van der Waals surface area (Å²) in [6.45, 7) is 2.51. The lowest BCUT2D eigenvalue weighted by molar-refractivity contribution is 0.111. The summed E-state index contributed by atoms with van der Waals surface area (Å²) in [5.74, 6) is 0.716. The van der Waals surface area contributed by atoms with Crippen molar-refractivity contribution in [1.29, 1.82) is 0 Å². The van der Waals surface area contributed by atoms with Gasteiger partial charge >= 0.3 is 0 Å². The molecule has 3 heteroatoms. The highest BCUT2D eigenvalue weighted by atomic mass is 16.5. The van der Waals surface area contributed by atoms with E-state index in [1.807, 2.05) is 73.7 Å². The zero-order valence-corrected chi connectivity index (χ0v) is 14.1. The predicted octanol–water partition coefficient (Wildman–Crippen LogP) is 4.89. The van der Waals surface area contributed by atoms with Crippen LogP contribution in [0.3, 0.4) is 0 Å². The molecule has 0 atom stereocenters. The molecule has 0 aliphatic heterocycles. The smallest absolute Gasteiger partial charge is 0.150 e. The topological polar surface area (TPSA) is 43.4 Å². The van der Waals surface area contributed by atoms with Crippen LogP contribution in [0.5, 0.6) is 5.75 Å². The number of aldehydes is 2. The Morgan fingerprint density at radius 3 is 2.08 bits per heavy atom. The Bertz CT molecular complexity index is 793. The van der Waals surface area contributed by atoms with Crippen LogP contribution in [0.1, 0.15) is 31.8 Å². The predicted molar refractivity (Wildman–Crippen MR) is 99.2 cm³/mol. The van der Waals surface area contributed by atoms with Crippen molar-refractivity contribution in [1.82, 2.24) is 0 Å². The second kappa shape index (κ2) is 9.83. The van der Waals surface area contributed by atoms with Gasteiger partial charge in [-0.05, 0) is 24.6 Å². The molecular formula is C22H20O3. The summed E-state index contributed by atoms with van der Waals surface area (Å²) in [7, 11) is 0. The minimum Gasteiger partial charge on any atom is -0.489 e. The molecule has 3 rings (SSSR count). The van der Waals surface area contributed by atoms with Gasteiger partial charge in [-0.15, -0.1) is 0 Å². The third kappa shape index (κ3) is 6.43. The quantitative estimate of drug-likeness (QED) is 0.625. The van der Waals surface area contributed by atoms with Crippen molar-refractivity contribution in [2.45, 2.75) is 13.5 Å². The monoisotopic (exact) mass is 332 g/mol. The molecule has 0 radical (unpaired) electrons. The van der Waals surface area contributed by atoms with Crippen molar-refractivity contribution in [2.75, 3.05) is 0 Å². The maximum absolute atomic E-state index is 10.6. The van der Waals surface area contributed by atoms with Crippen LogP contribution >= 0.6 is 0 Å². The highest BCUT2D eigenvalue weighted by molar-refractivity contribution is 5.75. The summed E-state index contributed by atoms with van der Waals surface area (Å²) >= 11 is 0. The van der Waals surface area contributed by atoms with E-state index in [2.05, 4.69) is 0 Å². The Morgan fingerprint density at radius 1 is 0.760 bits per heavy atom. The van der Waals surface area contributed by atoms with Gasteiger partial charge in [0.2, 0.25) is 0 Å². The van der Waals surface area contributed by atoms with E-state index in [0.29, 0.717) is 17.9 Å². The molecule has 0 unspecified atom stereocenters. The van der Waals surface area contributed by atoms with Gasteiger partial charge in [-0.3, -0.25) is 9.59 Å². The van der Waals surface area contributed by atoms with Crippen LogP contribution in [0.15, 0.2) is 78.9 Å². The van der Waals surface area contributed by atoms with E-state index in [9.17, 15) is 9.59 Å². The van der Waals surface area contributed by atoms with Gasteiger partial charge in [0.25, 0.3) is 0 Å². The van der Waals surface area contributed by atoms with Gasteiger partial charge in [-0.2, -0.15) is 0 Å². The third-order valence-electron chi connectivity index (χ3n) is 3.46. The van der Waals surface area contributed by atoms with Gasteiger partial charge in [0.1, 0.15) is 24.9 Å². The molecule has 0 heterocycles. The number of benzene rings is 3. The minimum absolute atomic E-state index is 0.517. The maximum atomic E-state index is 10.6. The first-order valence-electron chi connectivity index (χ1n) is 7.95. The van der Waals surface area contributed by atoms with Crippen molar-refractivity contribution in [3.63, 3.8) is 0 Å². The van der Waals surface area contributed by atoms with Crippen LogP contribution in [0, 0.1) is 6.92 Å². The van der Waals surface area contributed by atoms with E-state index in [0.717, 1.165) is 23.7 Å². The zero-order valence-electron chi connectivity index (χ0n) is 14.1. The van der Waals surface area contributed by atoms with Gasteiger partial charge in [-0.25, -0.2) is 0 Å². The summed E-state index contributed by atoms with van der Waals surface area (Å²) in [6.07, 6.45) is 1.66. The number of carbonyl (C=O) groups is 2. The molecule has 0 fully saturated rings. The van der Waals surface area contributed by atoms with Crippen molar-refractivity contribution in [2.24, 2.45) is 0 Å². The van der Waals surface area contributed by atoms with E-state index in [1.165, 1.54) is 5.56 Å². The molecule has 25 heavy (non-hydrogen) atoms. The molecular weight excluding hydrogens is 312 g/mol. The molecule has 3 aromatic rings. The van der Waals surface area contributed by atoms with Crippen LogP contribution < -0.4 is 4.74 Å². The Hall–Kier alpha value is -3.20. The lowest BCUT2D eigenvalue weighted by Gasteiger charge is -2.06. The fraction of sp³-hybridized carbons (Fsp3) is 0.0909. The molecule has 0 bridgehead atoms. The van der Waals surface area contributed by atoms with E-state index < -0.39 is 0 Å². The first kappa shape index (κ1) is 18.1. The van der Waals surface area contributed by atoms with Gasteiger partial charge in [0.05, 0.1) is 0 Å². The Labute approximate surface area is 147 Å².